The first-order chi connectivity index (χ1) is 7.49. The average molecular weight is 231 g/mol. The van der Waals surface area contributed by atoms with Gasteiger partial charge < -0.3 is 15.6 Å². The summed E-state index contributed by atoms with van der Waals surface area (Å²) >= 11 is 0. The van der Waals surface area contributed by atoms with Crippen molar-refractivity contribution in [3.8, 4) is 5.75 Å². The third-order valence-electron chi connectivity index (χ3n) is 2.03. The van der Waals surface area contributed by atoms with Gasteiger partial charge in [-0.3, -0.25) is 4.79 Å². The molecule has 88 valence electrons. The highest BCUT2D eigenvalue weighted by Crippen LogP contribution is 2.25. The van der Waals surface area contributed by atoms with E-state index in [1.54, 1.807) is 0 Å². The monoisotopic (exact) mass is 231 g/mol. The number of rotatable bonds is 4. The van der Waals surface area contributed by atoms with Crippen LogP contribution >= 0.6 is 0 Å². The summed E-state index contributed by atoms with van der Waals surface area (Å²) in [5, 5.41) is 8.49. The number of aliphatic hydroxyl groups is 1. The summed E-state index contributed by atoms with van der Waals surface area (Å²) in [5.74, 6) is -3.68. The van der Waals surface area contributed by atoms with Crippen molar-refractivity contribution in [3.63, 3.8) is 0 Å². The summed E-state index contributed by atoms with van der Waals surface area (Å²) in [6, 6.07) is 1.02. The van der Waals surface area contributed by atoms with E-state index in [2.05, 4.69) is 0 Å². The van der Waals surface area contributed by atoms with Gasteiger partial charge in [0.2, 0.25) is 11.7 Å². The largest absolute Gasteiger partial charge is 0.488 e. The summed E-state index contributed by atoms with van der Waals surface area (Å²) < 4.78 is 31.3. The standard InChI is InChI=1S/C10H11F2NO3/c1-5-6(10(13)15)4-7(16-3-2-14)9(12)8(5)11/h4,14H,2-3H2,1H3,(H2,13,15). The van der Waals surface area contributed by atoms with E-state index >= 15 is 0 Å². The van der Waals surface area contributed by atoms with Crippen LogP contribution in [0.25, 0.3) is 0 Å². The van der Waals surface area contributed by atoms with Gasteiger partial charge in [-0.1, -0.05) is 0 Å². The van der Waals surface area contributed by atoms with Crippen molar-refractivity contribution >= 4 is 5.91 Å². The molecular formula is C10H11F2NO3. The number of aliphatic hydroxyl groups excluding tert-OH is 1. The van der Waals surface area contributed by atoms with E-state index in [1.807, 2.05) is 0 Å². The number of hydrogen-bond acceptors (Lipinski definition) is 3. The molecule has 1 amide bonds. The lowest BCUT2D eigenvalue weighted by Gasteiger charge is -2.10. The molecule has 0 aliphatic rings. The molecule has 0 unspecified atom stereocenters. The van der Waals surface area contributed by atoms with E-state index < -0.39 is 23.3 Å². The van der Waals surface area contributed by atoms with Crippen LogP contribution in [-0.4, -0.2) is 24.2 Å². The Morgan fingerprint density at radius 2 is 2.12 bits per heavy atom. The Labute approximate surface area is 90.6 Å². The summed E-state index contributed by atoms with van der Waals surface area (Å²) in [6.45, 7) is 0.701. The zero-order valence-corrected chi connectivity index (χ0v) is 8.59. The Bertz CT molecular complexity index is 421. The van der Waals surface area contributed by atoms with Crippen LogP contribution in [0.5, 0.6) is 5.75 Å². The maximum absolute atomic E-state index is 13.3. The number of primary amides is 1. The Balaban J connectivity index is 3.24. The highest BCUT2D eigenvalue weighted by Gasteiger charge is 2.19. The van der Waals surface area contributed by atoms with Gasteiger partial charge in [-0.2, -0.15) is 4.39 Å². The Morgan fingerprint density at radius 3 is 2.62 bits per heavy atom. The Morgan fingerprint density at radius 1 is 1.50 bits per heavy atom. The van der Waals surface area contributed by atoms with E-state index in [0.717, 1.165) is 6.07 Å². The summed E-state index contributed by atoms with van der Waals surface area (Å²) in [4.78, 5) is 10.9. The van der Waals surface area contributed by atoms with Gasteiger partial charge in [0.05, 0.1) is 6.61 Å². The van der Waals surface area contributed by atoms with E-state index in [0.29, 0.717) is 0 Å². The molecule has 1 aromatic carbocycles. The quantitative estimate of drug-likeness (QED) is 0.802. The topological polar surface area (TPSA) is 72.6 Å². The number of amides is 1. The van der Waals surface area contributed by atoms with Crippen LogP contribution in [0.4, 0.5) is 8.78 Å². The second-order valence-corrected chi connectivity index (χ2v) is 3.11. The third kappa shape index (κ3) is 2.27. The SMILES string of the molecule is Cc1c(C(N)=O)cc(OCCO)c(F)c1F. The molecule has 3 N–H and O–H groups in total. The number of nitrogens with two attached hydrogens (primary N) is 1. The number of ether oxygens (including phenoxy) is 1. The van der Waals surface area contributed by atoms with Crippen LogP contribution < -0.4 is 10.5 Å². The molecule has 0 aliphatic heterocycles. The van der Waals surface area contributed by atoms with Crippen molar-refractivity contribution in [1.29, 1.82) is 0 Å². The molecule has 6 heteroatoms. The van der Waals surface area contributed by atoms with Crippen LogP contribution in [0.1, 0.15) is 15.9 Å². The normalized spacial score (nSPS) is 10.2. The van der Waals surface area contributed by atoms with Gasteiger partial charge in [0.1, 0.15) is 6.61 Å². The highest BCUT2D eigenvalue weighted by atomic mass is 19.2. The van der Waals surface area contributed by atoms with Gasteiger partial charge in [0.25, 0.3) is 0 Å². The molecule has 0 saturated carbocycles. The minimum atomic E-state index is -1.20. The first kappa shape index (κ1) is 12.4. The fourth-order valence-corrected chi connectivity index (χ4v) is 1.21. The van der Waals surface area contributed by atoms with Crippen LogP contribution in [0.15, 0.2) is 6.07 Å². The lowest BCUT2D eigenvalue weighted by atomic mass is 10.1. The molecule has 16 heavy (non-hydrogen) atoms. The van der Waals surface area contributed by atoms with Crippen molar-refractivity contribution in [3.05, 3.63) is 28.8 Å². The molecule has 4 nitrogen and oxygen atoms in total. The molecule has 0 bridgehead atoms. The smallest absolute Gasteiger partial charge is 0.249 e. The Kier molecular flexibility index (Phi) is 3.78. The van der Waals surface area contributed by atoms with Gasteiger partial charge in [0.15, 0.2) is 11.6 Å². The number of benzene rings is 1. The third-order valence-corrected chi connectivity index (χ3v) is 2.03. The summed E-state index contributed by atoms with van der Waals surface area (Å²) in [6.07, 6.45) is 0. The van der Waals surface area contributed by atoms with E-state index in [9.17, 15) is 13.6 Å². The fraction of sp³-hybridized carbons (Fsp3) is 0.300. The first-order valence-corrected chi connectivity index (χ1v) is 4.51. The molecule has 0 spiro atoms. The minimum absolute atomic E-state index is 0.146. The number of carbonyl (C=O) groups is 1. The molecule has 0 atom stereocenters. The van der Waals surface area contributed by atoms with Gasteiger partial charge in [0, 0.05) is 11.1 Å². The molecule has 0 aromatic heterocycles. The molecule has 1 aromatic rings. The second-order valence-electron chi connectivity index (χ2n) is 3.11. The van der Waals surface area contributed by atoms with Crippen LogP contribution in [0.3, 0.4) is 0 Å². The van der Waals surface area contributed by atoms with Crippen molar-refractivity contribution in [1.82, 2.24) is 0 Å². The first-order valence-electron chi connectivity index (χ1n) is 4.51. The van der Waals surface area contributed by atoms with Gasteiger partial charge in [-0.15, -0.1) is 0 Å². The molecule has 0 fully saturated rings. The van der Waals surface area contributed by atoms with Crippen LogP contribution in [0, 0.1) is 18.6 Å². The summed E-state index contributed by atoms with van der Waals surface area (Å²) in [5.41, 5.74) is 4.69. The maximum Gasteiger partial charge on any atom is 0.249 e. The van der Waals surface area contributed by atoms with Gasteiger partial charge in [-0.25, -0.2) is 4.39 Å². The summed E-state index contributed by atoms with van der Waals surface area (Å²) in [7, 11) is 0. The molecule has 0 saturated heterocycles. The lowest BCUT2D eigenvalue weighted by Crippen LogP contribution is -2.15. The van der Waals surface area contributed by atoms with Crippen molar-refractivity contribution in [2.24, 2.45) is 5.73 Å². The molecule has 0 aliphatic carbocycles. The molecular weight excluding hydrogens is 220 g/mol. The fourth-order valence-electron chi connectivity index (χ4n) is 1.21. The average Bonchev–Trinajstić information content (AvgIpc) is 2.24. The van der Waals surface area contributed by atoms with Crippen LogP contribution in [-0.2, 0) is 0 Å². The second kappa shape index (κ2) is 4.89. The zero-order valence-electron chi connectivity index (χ0n) is 8.59. The van der Waals surface area contributed by atoms with Crippen molar-refractivity contribution in [2.45, 2.75) is 6.92 Å². The predicted molar refractivity (Wildman–Crippen MR) is 52.2 cm³/mol. The van der Waals surface area contributed by atoms with Crippen LogP contribution in [0.2, 0.25) is 0 Å². The van der Waals surface area contributed by atoms with E-state index in [1.165, 1.54) is 6.92 Å². The number of carbonyl (C=O) groups excluding carboxylic acids is 1. The number of halogens is 2. The van der Waals surface area contributed by atoms with Crippen molar-refractivity contribution < 1.29 is 23.4 Å². The predicted octanol–water partition coefficient (Wildman–Crippen LogP) is 0.743. The maximum atomic E-state index is 13.3. The van der Waals surface area contributed by atoms with E-state index in [-0.39, 0.29) is 24.3 Å². The Hall–Kier alpha value is -1.69. The zero-order chi connectivity index (χ0) is 12.3. The van der Waals surface area contributed by atoms with E-state index in [4.69, 9.17) is 15.6 Å². The number of hydrogen-bond donors (Lipinski definition) is 2. The highest BCUT2D eigenvalue weighted by molar-refractivity contribution is 5.94. The van der Waals surface area contributed by atoms with Gasteiger partial charge >= 0.3 is 0 Å². The van der Waals surface area contributed by atoms with Crippen molar-refractivity contribution in [2.75, 3.05) is 13.2 Å². The van der Waals surface area contributed by atoms with Gasteiger partial charge in [-0.05, 0) is 13.0 Å². The molecule has 1 rings (SSSR count). The molecule has 0 radical (unpaired) electrons. The minimum Gasteiger partial charge on any atom is -0.488 e. The molecule has 0 heterocycles. The lowest BCUT2D eigenvalue weighted by molar-refractivity contribution is 0.0998.